The van der Waals surface area contributed by atoms with Crippen molar-refractivity contribution in [1.29, 1.82) is 0 Å². The Bertz CT molecular complexity index is 1530. The molecule has 0 saturated heterocycles. The number of ketones is 1. The number of hydrogen-bond acceptors (Lipinski definition) is 7. The van der Waals surface area contributed by atoms with E-state index in [9.17, 15) is 38.0 Å². The van der Waals surface area contributed by atoms with Gasteiger partial charge in [0.2, 0.25) is 0 Å². The molecule has 0 spiro atoms. The maximum absolute atomic E-state index is 13.4. The van der Waals surface area contributed by atoms with Crippen LogP contribution >= 0.6 is 0 Å². The van der Waals surface area contributed by atoms with Gasteiger partial charge in [-0.25, -0.2) is 4.98 Å². The molecule has 0 atom stereocenters. The SMILES string of the molecule is O=C(Cc1ccccc1[N+](=O)[O-])c1c(O)c2cccnc2n(-c2cccc(OC(F)(F)F)c2)c1=O. The predicted molar refractivity (Wildman–Crippen MR) is 117 cm³/mol. The normalized spacial score (nSPS) is 11.4. The van der Waals surface area contributed by atoms with Crippen molar-refractivity contribution in [2.45, 2.75) is 12.8 Å². The van der Waals surface area contributed by atoms with Gasteiger partial charge in [-0.15, -0.1) is 13.2 Å². The van der Waals surface area contributed by atoms with Crippen LogP contribution in [0.4, 0.5) is 18.9 Å². The zero-order valence-corrected chi connectivity index (χ0v) is 17.5. The lowest BCUT2D eigenvalue weighted by molar-refractivity contribution is -0.385. The minimum atomic E-state index is -4.98. The van der Waals surface area contributed by atoms with E-state index in [4.69, 9.17) is 0 Å². The van der Waals surface area contributed by atoms with Crippen molar-refractivity contribution in [3.63, 3.8) is 0 Å². The number of pyridine rings is 2. The molecule has 12 heteroatoms. The van der Waals surface area contributed by atoms with Gasteiger partial charge in [0.15, 0.2) is 11.4 Å². The minimum absolute atomic E-state index is 0.0136. The fourth-order valence-electron chi connectivity index (χ4n) is 3.61. The van der Waals surface area contributed by atoms with Gasteiger partial charge in [0.1, 0.15) is 17.1 Å². The molecule has 0 aliphatic carbocycles. The highest BCUT2D eigenvalue weighted by Gasteiger charge is 2.31. The van der Waals surface area contributed by atoms with Crippen LogP contribution in [-0.2, 0) is 6.42 Å². The smallest absolute Gasteiger partial charge is 0.506 e. The highest BCUT2D eigenvalue weighted by atomic mass is 19.4. The molecule has 2 aromatic heterocycles. The standard InChI is InChI=1S/C23H14F3N3O6/c24-23(25,26)35-15-7-3-6-14(12-15)28-21-16(8-4-10-27-21)20(31)19(22(28)32)18(30)11-13-5-1-2-9-17(13)29(33)34/h1-10,12,31H,11H2. The fourth-order valence-corrected chi connectivity index (χ4v) is 3.61. The molecule has 0 unspecified atom stereocenters. The molecular weight excluding hydrogens is 471 g/mol. The summed E-state index contributed by atoms with van der Waals surface area (Å²) < 4.78 is 42.9. The summed E-state index contributed by atoms with van der Waals surface area (Å²) in [5.41, 5.74) is -2.33. The largest absolute Gasteiger partial charge is 0.573 e. The number of alkyl halides is 3. The van der Waals surface area contributed by atoms with E-state index >= 15 is 0 Å². The van der Waals surface area contributed by atoms with Crippen molar-refractivity contribution in [3.8, 4) is 17.2 Å². The van der Waals surface area contributed by atoms with E-state index in [1.54, 1.807) is 0 Å². The van der Waals surface area contributed by atoms with Crippen molar-refractivity contribution in [2.75, 3.05) is 0 Å². The number of fused-ring (bicyclic) bond motifs is 1. The van der Waals surface area contributed by atoms with Gasteiger partial charge >= 0.3 is 6.36 Å². The van der Waals surface area contributed by atoms with Crippen LogP contribution in [0.3, 0.4) is 0 Å². The van der Waals surface area contributed by atoms with Gasteiger partial charge in [-0.05, 0) is 24.3 Å². The van der Waals surface area contributed by atoms with E-state index in [0.717, 1.165) is 16.7 Å². The lowest BCUT2D eigenvalue weighted by atomic mass is 10.0. The second-order valence-electron chi connectivity index (χ2n) is 7.27. The monoisotopic (exact) mass is 485 g/mol. The van der Waals surface area contributed by atoms with Crippen LogP contribution in [0.25, 0.3) is 16.7 Å². The van der Waals surface area contributed by atoms with E-state index in [1.807, 2.05) is 0 Å². The van der Waals surface area contributed by atoms with Crippen LogP contribution in [0.5, 0.6) is 11.5 Å². The van der Waals surface area contributed by atoms with Crippen LogP contribution in [0, 0.1) is 10.1 Å². The number of carbonyl (C=O) groups excluding carboxylic acids is 1. The summed E-state index contributed by atoms with van der Waals surface area (Å²) in [6.45, 7) is 0. The first-order chi connectivity index (χ1) is 16.6. The number of nitrogens with zero attached hydrogens (tertiary/aromatic N) is 3. The summed E-state index contributed by atoms with van der Waals surface area (Å²) in [6.07, 6.45) is -4.27. The first kappa shape index (κ1) is 23.4. The van der Waals surface area contributed by atoms with Crippen LogP contribution in [0.1, 0.15) is 15.9 Å². The lowest BCUT2D eigenvalue weighted by Crippen LogP contribution is -2.27. The van der Waals surface area contributed by atoms with E-state index < -0.39 is 46.1 Å². The number of Topliss-reactive ketones (excluding diaryl/α,β-unsaturated/α-hetero) is 1. The third-order valence-electron chi connectivity index (χ3n) is 5.03. The number of nitro benzene ring substituents is 1. The Morgan fingerprint density at radius 2 is 1.86 bits per heavy atom. The summed E-state index contributed by atoms with van der Waals surface area (Å²) in [6, 6.07) is 12.7. The summed E-state index contributed by atoms with van der Waals surface area (Å²) in [4.78, 5) is 41.2. The first-order valence-corrected chi connectivity index (χ1v) is 9.91. The zero-order chi connectivity index (χ0) is 25.3. The van der Waals surface area contributed by atoms with Crippen LogP contribution in [0.2, 0.25) is 0 Å². The third kappa shape index (κ3) is 4.67. The molecule has 0 aliphatic heterocycles. The molecule has 178 valence electrons. The Morgan fingerprint density at radius 1 is 1.11 bits per heavy atom. The number of aromatic hydroxyl groups is 1. The van der Waals surface area contributed by atoms with Gasteiger partial charge in [-0.1, -0.05) is 24.3 Å². The molecule has 2 aromatic carbocycles. The maximum Gasteiger partial charge on any atom is 0.573 e. The second-order valence-corrected chi connectivity index (χ2v) is 7.27. The fraction of sp³-hybridized carbons (Fsp3) is 0.0870. The van der Waals surface area contributed by atoms with Crippen molar-refractivity contribution >= 4 is 22.5 Å². The van der Waals surface area contributed by atoms with E-state index in [2.05, 4.69) is 9.72 Å². The minimum Gasteiger partial charge on any atom is -0.506 e. The molecule has 4 aromatic rings. The highest BCUT2D eigenvalue weighted by molar-refractivity contribution is 6.04. The Morgan fingerprint density at radius 3 is 2.57 bits per heavy atom. The Labute approximate surface area is 193 Å². The van der Waals surface area contributed by atoms with Gasteiger partial charge in [0.05, 0.1) is 16.0 Å². The molecular formula is C23H14F3N3O6. The van der Waals surface area contributed by atoms with Crippen LogP contribution in [0.15, 0.2) is 71.7 Å². The molecule has 0 bridgehead atoms. The van der Waals surface area contributed by atoms with E-state index in [-0.39, 0.29) is 28.0 Å². The molecule has 35 heavy (non-hydrogen) atoms. The number of para-hydroxylation sites is 1. The molecule has 0 fully saturated rings. The first-order valence-electron chi connectivity index (χ1n) is 9.91. The predicted octanol–water partition coefficient (Wildman–Crippen LogP) is 4.32. The van der Waals surface area contributed by atoms with Crippen molar-refractivity contribution in [3.05, 3.63) is 98.5 Å². The van der Waals surface area contributed by atoms with Crippen LogP contribution < -0.4 is 10.3 Å². The second kappa shape index (κ2) is 8.89. The lowest BCUT2D eigenvalue weighted by Gasteiger charge is -2.15. The molecule has 0 aliphatic rings. The molecule has 0 amide bonds. The number of halogens is 3. The quantitative estimate of drug-likeness (QED) is 0.245. The molecule has 2 heterocycles. The topological polar surface area (TPSA) is 125 Å². The van der Waals surface area contributed by atoms with Gasteiger partial charge in [-0.2, -0.15) is 0 Å². The summed E-state index contributed by atoms with van der Waals surface area (Å²) in [5, 5.41) is 22.0. The molecule has 1 N–H and O–H groups in total. The van der Waals surface area contributed by atoms with Gasteiger partial charge < -0.3 is 9.84 Å². The molecule has 0 radical (unpaired) electrons. The number of benzene rings is 2. The average Bonchev–Trinajstić information content (AvgIpc) is 2.78. The summed E-state index contributed by atoms with van der Waals surface area (Å²) >= 11 is 0. The Kier molecular flexibility index (Phi) is 5.95. The van der Waals surface area contributed by atoms with Gasteiger partial charge in [0.25, 0.3) is 11.2 Å². The number of carbonyl (C=O) groups is 1. The Balaban J connectivity index is 1.91. The number of rotatable bonds is 6. The summed E-state index contributed by atoms with van der Waals surface area (Å²) in [5.74, 6) is -2.24. The number of ether oxygens (including phenoxy) is 1. The van der Waals surface area contributed by atoms with E-state index in [1.165, 1.54) is 54.7 Å². The Hall–Kier alpha value is -4.74. The molecule has 0 saturated carbocycles. The van der Waals surface area contributed by atoms with Crippen molar-refractivity contribution < 1.29 is 32.7 Å². The van der Waals surface area contributed by atoms with Crippen molar-refractivity contribution in [2.24, 2.45) is 0 Å². The highest BCUT2D eigenvalue weighted by Crippen LogP contribution is 2.30. The van der Waals surface area contributed by atoms with Crippen molar-refractivity contribution in [1.82, 2.24) is 9.55 Å². The van der Waals surface area contributed by atoms with E-state index in [0.29, 0.717) is 0 Å². The van der Waals surface area contributed by atoms with Gasteiger partial charge in [0, 0.05) is 30.3 Å². The maximum atomic E-state index is 13.4. The number of nitro groups is 1. The summed E-state index contributed by atoms with van der Waals surface area (Å²) in [7, 11) is 0. The molecule has 4 rings (SSSR count). The number of aromatic nitrogens is 2. The van der Waals surface area contributed by atoms with Crippen LogP contribution in [-0.4, -0.2) is 31.7 Å². The third-order valence-corrected chi connectivity index (χ3v) is 5.03. The number of hydrogen-bond donors (Lipinski definition) is 1. The molecule has 9 nitrogen and oxygen atoms in total. The average molecular weight is 485 g/mol. The zero-order valence-electron chi connectivity index (χ0n) is 17.5. The van der Waals surface area contributed by atoms with Gasteiger partial charge in [-0.3, -0.25) is 24.3 Å².